The first-order chi connectivity index (χ1) is 8.72. The molecule has 3 rings (SSSR count). The van der Waals surface area contributed by atoms with Gasteiger partial charge in [-0.15, -0.1) is 0 Å². The van der Waals surface area contributed by atoms with E-state index in [9.17, 15) is 0 Å². The van der Waals surface area contributed by atoms with Crippen LogP contribution in [0.3, 0.4) is 0 Å². The summed E-state index contributed by atoms with van der Waals surface area (Å²) in [5.41, 5.74) is 7.56. The lowest BCUT2D eigenvalue weighted by Gasteiger charge is -2.46. The molecule has 1 spiro atoms. The van der Waals surface area contributed by atoms with Crippen molar-refractivity contribution < 1.29 is 4.74 Å². The Balaban J connectivity index is 1.88. The number of hydrogen-bond acceptors (Lipinski definition) is 2. The lowest BCUT2D eigenvalue weighted by atomic mass is 9.72. The van der Waals surface area contributed by atoms with Crippen molar-refractivity contribution in [2.24, 2.45) is 11.7 Å². The van der Waals surface area contributed by atoms with E-state index in [0.717, 1.165) is 18.1 Å². The van der Waals surface area contributed by atoms with Crippen LogP contribution in [0.4, 0.5) is 0 Å². The van der Waals surface area contributed by atoms with Crippen molar-refractivity contribution in [3.8, 4) is 5.75 Å². The van der Waals surface area contributed by atoms with Gasteiger partial charge in [0.05, 0.1) is 0 Å². The quantitative estimate of drug-likeness (QED) is 0.816. The Labute approximate surface area is 110 Å². The van der Waals surface area contributed by atoms with E-state index in [1.54, 1.807) is 0 Å². The molecule has 0 aromatic heterocycles. The number of nitrogens with two attached hydrogens (primary N) is 1. The predicted molar refractivity (Wildman–Crippen MR) is 73.6 cm³/mol. The Morgan fingerprint density at radius 2 is 2.17 bits per heavy atom. The Morgan fingerprint density at radius 3 is 3.00 bits per heavy atom. The second-order valence-corrected chi connectivity index (χ2v) is 6.00. The van der Waals surface area contributed by atoms with Crippen LogP contribution in [-0.4, -0.2) is 5.60 Å². The molecule has 1 heterocycles. The van der Waals surface area contributed by atoms with E-state index in [2.05, 4.69) is 25.1 Å². The number of ether oxygens (including phenoxy) is 1. The number of benzene rings is 1. The summed E-state index contributed by atoms with van der Waals surface area (Å²) in [6.45, 7) is 2.29. The number of hydrogen-bond donors (Lipinski definition) is 1. The normalized spacial score (nSPS) is 35.0. The lowest BCUT2D eigenvalue weighted by Crippen LogP contribution is -2.46. The molecule has 0 saturated heterocycles. The summed E-state index contributed by atoms with van der Waals surface area (Å²) >= 11 is 0. The topological polar surface area (TPSA) is 35.2 Å². The minimum absolute atomic E-state index is 0.0205. The van der Waals surface area contributed by atoms with E-state index in [-0.39, 0.29) is 11.6 Å². The Hall–Kier alpha value is -1.02. The highest BCUT2D eigenvalue weighted by atomic mass is 16.5. The molecule has 18 heavy (non-hydrogen) atoms. The zero-order chi connectivity index (χ0) is 12.6. The molecule has 1 aromatic carbocycles. The van der Waals surface area contributed by atoms with Crippen molar-refractivity contribution in [2.75, 3.05) is 0 Å². The summed E-state index contributed by atoms with van der Waals surface area (Å²) in [6, 6.07) is 8.42. The molecule has 3 atom stereocenters. The number of para-hydroxylation sites is 1. The summed E-state index contributed by atoms with van der Waals surface area (Å²) in [6.07, 6.45) is 7.26. The van der Waals surface area contributed by atoms with Gasteiger partial charge in [-0.3, -0.25) is 0 Å². The van der Waals surface area contributed by atoms with Crippen LogP contribution < -0.4 is 10.5 Å². The molecule has 1 saturated carbocycles. The SMILES string of the molecule is CCC1CCCC2(C1)C[C@H](N)c1ccccc1O2. The lowest BCUT2D eigenvalue weighted by molar-refractivity contribution is -0.0175. The first kappa shape index (κ1) is 12.0. The Kier molecular flexibility index (Phi) is 3.06. The molecule has 1 aromatic rings. The van der Waals surface area contributed by atoms with Gasteiger partial charge >= 0.3 is 0 Å². The van der Waals surface area contributed by atoms with E-state index in [1.165, 1.54) is 37.7 Å². The maximum atomic E-state index is 6.38. The third-order valence-electron chi connectivity index (χ3n) is 4.72. The van der Waals surface area contributed by atoms with Crippen molar-refractivity contribution in [3.63, 3.8) is 0 Å². The average molecular weight is 245 g/mol. The van der Waals surface area contributed by atoms with Crippen LogP contribution in [0, 0.1) is 5.92 Å². The smallest absolute Gasteiger partial charge is 0.124 e. The highest BCUT2D eigenvalue weighted by Crippen LogP contribution is 2.47. The Bertz CT molecular complexity index is 431. The standard InChI is InChI=1S/C16H23NO/c1-2-12-6-5-9-16(10-12)11-14(17)13-7-3-4-8-15(13)18-16/h3-4,7-8,12,14H,2,5-6,9-11,17H2,1H3/t12?,14-,16?/m0/s1. The molecule has 98 valence electrons. The van der Waals surface area contributed by atoms with Gasteiger partial charge in [0.1, 0.15) is 11.4 Å². The van der Waals surface area contributed by atoms with Gasteiger partial charge in [-0.1, -0.05) is 38.0 Å². The summed E-state index contributed by atoms with van der Waals surface area (Å²) < 4.78 is 6.38. The van der Waals surface area contributed by atoms with Gasteiger partial charge in [-0.05, 0) is 31.2 Å². The number of fused-ring (bicyclic) bond motifs is 1. The van der Waals surface area contributed by atoms with E-state index < -0.39 is 0 Å². The van der Waals surface area contributed by atoms with Gasteiger partial charge in [0.2, 0.25) is 0 Å². The summed E-state index contributed by atoms with van der Waals surface area (Å²) in [5, 5.41) is 0. The van der Waals surface area contributed by atoms with E-state index in [1.807, 2.05) is 6.07 Å². The van der Waals surface area contributed by atoms with Gasteiger partial charge < -0.3 is 10.5 Å². The van der Waals surface area contributed by atoms with Gasteiger partial charge in [-0.2, -0.15) is 0 Å². The molecule has 2 aliphatic rings. The van der Waals surface area contributed by atoms with Crippen LogP contribution in [-0.2, 0) is 0 Å². The second kappa shape index (κ2) is 4.58. The van der Waals surface area contributed by atoms with Crippen molar-refractivity contribution in [3.05, 3.63) is 29.8 Å². The second-order valence-electron chi connectivity index (χ2n) is 6.00. The molecule has 2 N–H and O–H groups in total. The van der Waals surface area contributed by atoms with Gasteiger partial charge in [-0.25, -0.2) is 0 Å². The van der Waals surface area contributed by atoms with Crippen LogP contribution in [0.1, 0.15) is 57.1 Å². The minimum Gasteiger partial charge on any atom is -0.487 e. The largest absolute Gasteiger partial charge is 0.487 e. The summed E-state index contributed by atoms with van der Waals surface area (Å²) in [5.74, 6) is 1.84. The van der Waals surface area contributed by atoms with E-state index >= 15 is 0 Å². The molecule has 1 fully saturated rings. The number of rotatable bonds is 1. The third kappa shape index (κ3) is 2.03. The Morgan fingerprint density at radius 1 is 1.33 bits per heavy atom. The van der Waals surface area contributed by atoms with Crippen molar-refractivity contribution in [2.45, 2.75) is 57.1 Å². The average Bonchev–Trinajstić information content (AvgIpc) is 2.38. The molecular weight excluding hydrogens is 222 g/mol. The van der Waals surface area contributed by atoms with Gasteiger partial charge in [0, 0.05) is 18.0 Å². The highest BCUT2D eigenvalue weighted by molar-refractivity contribution is 5.38. The van der Waals surface area contributed by atoms with Crippen LogP contribution in [0.15, 0.2) is 24.3 Å². The fourth-order valence-electron chi connectivity index (χ4n) is 3.74. The van der Waals surface area contributed by atoms with Gasteiger partial charge in [0.25, 0.3) is 0 Å². The molecule has 1 aliphatic heterocycles. The molecule has 2 nitrogen and oxygen atoms in total. The maximum absolute atomic E-state index is 6.38. The summed E-state index contributed by atoms with van der Waals surface area (Å²) in [7, 11) is 0. The fourth-order valence-corrected chi connectivity index (χ4v) is 3.74. The molecule has 0 amide bonds. The minimum atomic E-state index is 0.0205. The van der Waals surface area contributed by atoms with Crippen molar-refractivity contribution in [1.82, 2.24) is 0 Å². The first-order valence-corrected chi connectivity index (χ1v) is 7.26. The molecular formula is C16H23NO. The predicted octanol–water partition coefficient (Wildman–Crippen LogP) is 3.81. The zero-order valence-electron chi connectivity index (χ0n) is 11.2. The van der Waals surface area contributed by atoms with Crippen LogP contribution >= 0.6 is 0 Å². The third-order valence-corrected chi connectivity index (χ3v) is 4.72. The van der Waals surface area contributed by atoms with E-state index in [0.29, 0.717) is 0 Å². The molecule has 1 aliphatic carbocycles. The van der Waals surface area contributed by atoms with E-state index in [4.69, 9.17) is 10.5 Å². The monoisotopic (exact) mass is 245 g/mol. The summed E-state index contributed by atoms with van der Waals surface area (Å²) in [4.78, 5) is 0. The highest BCUT2D eigenvalue weighted by Gasteiger charge is 2.42. The molecule has 2 heteroatoms. The fraction of sp³-hybridized carbons (Fsp3) is 0.625. The van der Waals surface area contributed by atoms with Crippen molar-refractivity contribution >= 4 is 0 Å². The van der Waals surface area contributed by atoms with Gasteiger partial charge in [0.15, 0.2) is 0 Å². The maximum Gasteiger partial charge on any atom is 0.124 e. The van der Waals surface area contributed by atoms with Crippen LogP contribution in [0.25, 0.3) is 0 Å². The van der Waals surface area contributed by atoms with Crippen molar-refractivity contribution in [1.29, 1.82) is 0 Å². The van der Waals surface area contributed by atoms with Crippen LogP contribution in [0.5, 0.6) is 5.75 Å². The molecule has 2 unspecified atom stereocenters. The van der Waals surface area contributed by atoms with Crippen LogP contribution in [0.2, 0.25) is 0 Å². The molecule has 0 bridgehead atoms. The zero-order valence-corrected chi connectivity index (χ0v) is 11.2. The first-order valence-electron chi connectivity index (χ1n) is 7.26. The molecule has 0 radical (unpaired) electrons.